The Balaban J connectivity index is 2.51. The van der Waals surface area contributed by atoms with Crippen LogP contribution >= 0.6 is 11.6 Å². The van der Waals surface area contributed by atoms with E-state index in [1.807, 2.05) is 0 Å². The van der Waals surface area contributed by atoms with Gasteiger partial charge in [0.2, 0.25) is 5.91 Å². The van der Waals surface area contributed by atoms with Crippen LogP contribution < -0.4 is 10.6 Å². The lowest BCUT2D eigenvalue weighted by atomic mass is 10.0. The lowest BCUT2D eigenvalue weighted by Gasteiger charge is -2.22. The summed E-state index contributed by atoms with van der Waals surface area (Å²) in [6, 6.07) is 5.33. The van der Waals surface area contributed by atoms with Crippen molar-refractivity contribution in [2.45, 2.75) is 26.1 Å². The Morgan fingerprint density at radius 1 is 1.20 bits per heavy atom. The van der Waals surface area contributed by atoms with Gasteiger partial charge in [-0.2, -0.15) is 13.2 Å². The van der Waals surface area contributed by atoms with Gasteiger partial charge in [-0.25, -0.2) is 0 Å². The van der Waals surface area contributed by atoms with Crippen LogP contribution in [0.25, 0.3) is 0 Å². The first-order valence-electron chi connectivity index (χ1n) is 7.59. The fraction of sp³-hybridized carbons (Fsp3) is 0.500. The van der Waals surface area contributed by atoms with Gasteiger partial charge < -0.3 is 15.4 Å². The van der Waals surface area contributed by atoms with Gasteiger partial charge in [-0.3, -0.25) is 9.59 Å². The molecule has 1 rings (SSSR count). The molecule has 0 radical (unpaired) electrons. The molecular formula is C16H20ClF3N2O3. The average molecular weight is 381 g/mol. The minimum absolute atomic E-state index is 0.0883. The van der Waals surface area contributed by atoms with Crippen LogP contribution in [0.5, 0.6) is 0 Å². The smallest absolute Gasteiger partial charge is 0.370 e. The second kappa shape index (κ2) is 9.62. The summed E-state index contributed by atoms with van der Waals surface area (Å²) in [4.78, 5) is 24.3. The summed E-state index contributed by atoms with van der Waals surface area (Å²) in [6.07, 6.45) is -4.41. The molecule has 0 aliphatic heterocycles. The number of amides is 2. The van der Waals surface area contributed by atoms with Gasteiger partial charge in [0, 0.05) is 17.1 Å². The number of hydrogen-bond donors (Lipinski definition) is 2. The van der Waals surface area contributed by atoms with Crippen molar-refractivity contribution in [2.75, 3.05) is 19.8 Å². The second-order valence-corrected chi connectivity index (χ2v) is 6.10. The highest BCUT2D eigenvalue weighted by Crippen LogP contribution is 2.14. The Bertz CT molecular complexity index is 577. The van der Waals surface area contributed by atoms with Crippen molar-refractivity contribution >= 4 is 23.4 Å². The summed E-state index contributed by atoms with van der Waals surface area (Å²) in [6.45, 7) is 1.75. The zero-order chi connectivity index (χ0) is 19.0. The molecule has 5 nitrogen and oxygen atoms in total. The van der Waals surface area contributed by atoms with Gasteiger partial charge in [0.05, 0.1) is 6.61 Å². The molecule has 0 saturated heterocycles. The number of halogens is 4. The molecule has 0 heterocycles. The Morgan fingerprint density at radius 3 is 2.32 bits per heavy atom. The van der Waals surface area contributed by atoms with E-state index in [9.17, 15) is 22.8 Å². The Hall–Kier alpha value is -1.80. The molecule has 0 aliphatic rings. The predicted octanol–water partition coefficient (Wildman–Crippen LogP) is 2.79. The summed E-state index contributed by atoms with van der Waals surface area (Å²) in [5, 5.41) is 5.53. The van der Waals surface area contributed by atoms with E-state index >= 15 is 0 Å². The van der Waals surface area contributed by atoms with Crippen LogP contribution in [0.3, 0.4) is 0 Å². The van der Waals surface area contributed by atoms with Gasteiger partial charge >= 0.3 is 6.18 Å². The first-order valence-corrected chi connectivity index (χ1v) is 7.96. The van der Waals surface area contributed by atoms with Crippen LogP contribution in [-0.4, -0.2) is 43.8 Å². The largest absolute Gasteiger partial charge is 0.411 e. The van der Waals surface area contributed by atoms with Crippen molar-refractivity contribution in [2.24, 2.45) is 5.92 Å². The number of benzene rings is 1. The molecule has 0 saturated carbocycles. The molecular weight excluding hydrogens is 361 g/mol. The highest BCUT2D eigenvalue weighted by Gasteiger charge is 2.27. The molecule has 0 fully saturated rings. The molecule has 25 heavy (non-hydrogen) atoms. The molecule has 1 aromatic carbocycles. The van der Waals surface area contributed by atoms with Gasteiger partial charge in [-0.05, 0) is 30.2 Å². The topological polar surface area (TPSA) is 67.4 Å². The van der Waals surface area contributed by atoms with Crippen molar-refractivity contribution in [1.82, 2.24) is 10.6 Å². The lowest BCUT2D eigenvalue weighted by molar-refractivity contribution is -0.173. The number of alkyl halides is 3. The molecule has 2 amide bonds. The molecule has 2 N–H and O–H groups in total. The molecule has 1 unspecified atom stereocenters. The van der Waals surface area contributed by atoms with E-state index in [2.05, 4.69) is 15.4 Å². The molecule has 0 aromatic heterocycles. The first-order chi connectivity index (χ1) is 11.6. The summed E-state index contributed by atoms with van der Waals surface area (Å²) >= 11 is 5.76. The third-order valence-corrected chi connectivity index (χ3v) is 3.41. The maximum Gasteiger partial charge on any atom is 0.411 e. The van der Waals surface area contributed by atoms with Crippen molar-refractivity contribution in [3.05, 3.63) is 34.9 Å². The van der Waals surface area contributed by atoms with E-state index in [1.165, 1.54) is 12.1 Å². The zero-order valence-electron chi connectivity index (χ0n) is 13.8. The molecule has 0 spiro atoms. The van der Waals surface area contributed by atoms with Gasteiger partial charge in [-0.1, -0.05) is 25.4 Å². The number of hydrogen-bond acceptors (Lipinski definition) is 3. The van der Waals surface area contributed by atoms with E-state index in [0.717, 1.165) is 0 Å². The highest BCUT2D eigenvalue weighted by molar-refractivity contribution is 6.30. The molecule has 9 heteroatoms. The van der Waals surface area contributed by atoms with E-state index in [1.54, 1.807) is 26.0 Å². The molecule has 1 atom stereocenters. The molecule has 0 aliphatic carbocycles. The first kappa shape index (κ1) is 21.2. The SMILES string of the molecule is CC(C)C(NC(=O)c1ccc(Cl)cc1)C(=O)NCCOCC(F)(F)F. The van der Waals surface area contributed by atoms with E-state index in [-0.39, 0.29) is 19.1 Å². The standard InChI is InChI=1S/C16H20ClF3N2O3/c1-10(2)13(15(24)21-7-8-25-9-16(18,19)20)22-14(23)11-3-5-12(17)6-4-11/h3-6,10,13H,7-9H2,1-2H3,(H,21,24)(H,22,23). The van der Waals surface area contributed by atoms with Gasteiger partial charge in [-0.15, -0.1) is 0 Å². The van der Waals surface area contributed by atoms with Crippen molar-refractivity contribution < 1.29 is 27.5 Å². The zero-order valence-corrected chi connectivity index (χ0v) is 14.6. The third kappa shape index (κ3) is 8.22. The van der Waals surface area contributed by atoms with Crippen molar-refractivity contribution in [3.63, 3.8) is 0 Å². The van der Waals surface area contributed by atoms with Gasteiger partial charge in [0.25, 0.3) is 5.91 Å². The minimum atomic E-state index is -4.41. The third-order valence-electron chi connectivity index (χ3n) is 3.15. The van der Waals surface area contributed by atoms with Crippen LogP contribution in [0, 0.1) is 5.92 Å². The van der Waals surface area contributed by atoms with Crippen LogP contribution in [-0.2, 0) is 9.53 Å². The number of nitrogens with one attached hydrogen (secondary N) is 2. The monoisotopic (exact) mass is 380 g/mol. The normalized spacial score (nSPS) is 12.8. The maximum atomic E-state index is 12.2. The number of carbonyl (C=O) groups is 2. The maximum absolute atomic E-state index is 12.2. The van der Waals surface area contributed by atoms with Crippen LogP contribution in [0.1, 0.15) is 24.2 Å². The number of ether oxygens (including phenoxy) is 1. The second-order valence-electron chi connectivity index (χ2n) is 5.66. The van der Waals surface area contributed by atoms with Crippen LogP contribution in [0.2, 0.25) is 5.02 Å². The quantitative estimate of drug-likeness (QED) is 0.681. The Labute approximate surface area is 148 Å². The summed E-state index contributed by atoms with van der Waals surface area (Å²) in [5.41, 5.74) is 0.344. The molecule has 140 valence electrons. The summed E-state index contributed by atoms with van der Waals surface area (Å²) in [7, 11) is 0. The van der Waals surface area contributed by atoms with E-state index < -0.39 is 30.6 Å². The van der Waals surface area contributed by atoms with E-state index in [0.29, 0.717) is 10.6 Å². The van der Waals surface area contributed by atoms with Crippen LogP contribution in [0.4, 0.5) is 13.2 Å². The fourth-order valence-corrected chi connectivity index (χ4v) is 2.03. The molecule has 0 bridgehead atoms. The van der Waals surface area contributed by atoms with Crippen molar-refractivity contribution in [3.8, 4) is 0 Å². The van der Waals surface area contributed by atoms with Gasteiger partial charge in [0.15, 0.2) is 0 Å². The van der Waals surface area contributed by atoms with E-state index in [4.69, 9.17) is 11.6 Å². The Kier molecular flexibility index (Phi) is 8.18. The average Bonchev–Trinajstić information content (AvgIpc) is 2.51. The summed E-state index contributed by atoms with van der Waals surface area (Å²) < 4.78 is 40.2. The Morgan fingerprint density at radius 2 is 1.80 bits per heavy atom. The number of rotatable bonds is 8. The predicted molar refractivity (Wildman–Crippen MR) is 87.4 cm³/mol. The van der Waals surface area contributed by atoms with Gasteiger partial charge in [0.1, 0.15) is 12.6 Å². The van der Waals surface area contributed by atoms with Crippen LogP contribution in [0.15, 0.2) is 24.3 Å². The van der Waals surface area contributed by atoms with Crippen molar-refractivity contribution in [1.29, 1.82) is 0 Å². The fourth-order valence-electron chi connectivity index (χ4n) is 1.91. The summed E-state index contributed by atoms with van der Waals surface area (Å²) in [5.74, 6) is -1.15. The number of carbonyl (C=O) groups excluding carboxylic acids is 2. The molecule has 1 aromatic rings. The lowest BCUT2D eigenvalue weighted by Crippen LogP contribution is -2.50. The highest BCUT2D eigenvalue weighted by atomic mass is 35.5. The minimum Gasteiger partial charge on any atom is -0.370 e.